The largest absolute Gasteiger partial charge is 0.310 e. The highest BCUT2D eigenvalue weighted by atomic mass is 14.9. The first-order valence-corrected chi connectivity index (χ1v) is 10.9. The molecule has 0 saturated carbocycles. The Labute approximate surface area is 173 Å². The van der Waals surface area contributed by atoms with Gasteiger partial charge >= 0.3 is 0 Å². The molecule has 1 unspecified atom stereocenters. The Morgan fingerprint density at radius 1 is 0.607 bits per heavy atom. The smallest absolute Gasteiger partial charge is 0.0208 e. The molecule has 154 valence electrons. The van der Waals surface area contributed by atoms with Gasteiger partial charge in [0.2, 0.25) is 0 Å². The predicted octanol–water partition coefficient (Wildman–Crippen LogP) is 6.15. The van der Waals surface area contributed by atoms with Crippen molar-refractivity contribution in [2.45, 2.75) is 91.9 Å². The lowest BCUT2D eigenvalue weighted by Gasteiger charge is -2.18. The molecule has 0 fully saturated rings. The molecular formula is C26H40N2. The van der Waals surface area contributed by atoms with E-state index in [-0.39, 0.29) is 0 Å². The zero-order valence-electron chi connectivity index (χ0n) is 19.0. The zero-order chi connectivity index (χ0) is 20.7. The highest BCUT2D eigenvalue weighted by molar-refractivity contribution is 5.32. The standard InChI is InChI=1S/C26H40N2/c1-18(2)25-10-8-22(9-11-25)16-28-21(7)12-23-13-24(17-27-20(5)6)15-26(14-23)19(3)4/h8-11,13-15,18-21,27-28H,12,16-17H2,1-7H3. The van der Waals surface area contributed by atoms with Crippen LogP contribution in [0.15, 0.2) is 42.5 Å². The van der Waals surface area contributed by atoms with Gasteiger partial charge in [-0.3, -0.25) is 0 Å². The molecule has 0 spiro atoms. The maximum Gasteiger partial charge on any atom is 0.0208 e. The van der Waals surface area contributed by atoms with Gasteiger partial charge in [-0.05, 0) is 53.0 Å². The lowest BCUT2D eigenvalue weighted by molar-refractivity contribution is 0.544. The monoisotopic (exact) mass is 380 g/mol. The number of hydrogen-bond acceptors (Lipinski definition) is 2. The van der Waals surface area contributed by atoms with E-state index in [9.17, 15) is 0 Å². The van der Waals surface area contributed by atoms with Gasteiger partial charge in [-0.1, -0.05) is 84.0 Å². The predicted molar refractivity (Wildman–Crippen MR) is 123 cm³/mol. The van der Waals surface area contributed by atoms with Crippen LogP contribution in [0.3, 0.4) is 0 Å². The zero-order valence-corrected chi connectivity index (χ0v) is 19.0. The number of rotatable bonds is 10. The fourth-order valence-electron chi connectivity index (χ4n) is 3.40. The Hall–Kier alpha value is -1.64. The molecule has 0 aliphatic rings. The van der Waals surface area contributed by atoms with Crippen LogP contribution in [0.1, 0.15) is 88.1 Å². The molecule has 2 aromatic carbocycles. The van der Waals surface area contributed by atoms with E-state index in [0.717, 1.165) is 19.5 Å². The van der Waals surface area contributed by atoms with E-state index in [1.807, 2.05) is 0 Å². The minimum atomic E-state index is 0.443. The van der Waals surface area contributed by atoms with E-state index in [1.54, 1.807) is 0 Å². The van der Waals surface area contributed by atoms with E-state index in [4.69, 9.17) is 0 Å². The van der Waals surface area contributed by atoms with Crippen LogP contribution in [-0.4, -0.2) is 12.1 Å². The van der Waals surface area contributed by atoms with Gasteiger partial charge in [-0.15, -0.1) is 0 Å². The van der Waals surface area contributed by atoms with Gasteiger partial charge in [0.05, 0.1) is 0 Å². The first kappa shape index (κ1) is 22.6. The molecule has 2 rings (SSSR count). The minimum Gasteiger partial charge on any atom is -0.310 e. The van der Waals surface area contributed by atoms with Gasteiger partial charge in [0.25, 0.3) is 0 Å². The maximum absolute atomic E-state index is 3.70. The first-order valence-electron chi connectivity index (χ1n) is 10.9. The number of hydrogen-bond donors (Lipinski definition) is 2. The van der Waals surface area contributed by atoms with Crippen molar-refractivity contribution < 1.29 is 0 Å². The lowest BCUT2D eigenvalue weighted by atomic mass is 9.95. The second kappa shape index (κ2) is 10.8. The summed E-state index contributed by atoms with van der Waals surface area (Å²) in [5.41, 5.74) is 7.03. The van der Waals surface area contributed by atoms with Crippen LogP contribution < -0.4 is 10.6 Å². The van der Waals surface area contributed by atoms with Gasteiger partial charge in [0.15, 0.2) is 0 Å². The molecule has 0 aliphatic heterocycles. The molecule has 0 amide bonds. The third-order valence-electron chi connectivity index (χ3n) is 5.30. The summed E-state index contributed by atoms with van der Waals surface area (Å²) in [5, 5.41) is 7.25. The van der Waals surface area contributed by atoms with Crippen LogP contribution in [0.25, 0.3) is 0 Å². The SMILES string of the molecule is CC(C)NCc1cc(CC(C)NCc2ccc(C(C)C)cc2)cc(C(C)C)c1. The van der Waals surface area contributed by atoms with Crippen LogP contribution >= 0.6 is 0 Å². The van der Waals surface area contributed by atoms with Gasteiger partial charge in [0.1, 0.15) is 0 Å². The van der Waals surface area contributed by atoms with E-state index < -0.39 is 0 Å². The van der Waals surface area contributed by atoms with Crippen molar-refractivity contribution >= 4 is 0 Å². The minimum absolute atomic E-state index is 0.443. The first-order chi connectivity index (χ1) is 13.2. The van der Waals surface area contributed by atoms with Crippen molar-refractivity contribution in [2.75, 3.05) is 0 Å². The summed E-state index contributed by atoms with van der Waals surface area (Å²) in [4.78, 5) is 0. The van der Waals surface area contributed by atoms with Crippen molar-refractivity contribution in [1.82, 2.24) is 10.6 Å². The Bertz CT molecular complexity index is 714. The Morgan fingerprint density at radius 3 is 1.75 bits per heavy atom. The van der Waals surface area contributed by atoms with Crippen molar-refractivity contribution in [2.24, 2.45) is 0 Å². The van der Waals surface area contributed by atoms with Crippen LogP contribution in [-0.2, 0) is 19.5 Å². The van der Waals surface area contributed by atoms with Gasteiger partial charge in [-0.2, -0.15) is 0 Å². The summed E-state index contributed by atoms with van der Waals surface area (Å²) >= 11 is 0. The highest BCUT2D eigenvalue weighted by Gasteiger charge is 2.09. The van der Waals surface area contributed by atoms with Crippen molar-refractivity contribution in [3.63, 3.8) is 0 Å². The van der Waals surface area contributed by atoms with Gasteiger partial charge < -0.3 is 10.6 Å². The second-order valence-electron chi connectivity index (χ2n) is 9.16. The van der Waals surface area contributed by atoms with E-state index in [1.165, 1.54) is 27.8 Å². The summed E-state index contributed by atoms with van der Waals surface area (Å²) in [5.74, 6) is 1.15. The van der Waals surface area contributed by atoms with Gasteiger partial charge in [0, 0.05) is 25.2 Å². The molecule has 0 aromatic heterocycles. The van der Waals surface area contributed by atoms with Crippen molar-refractivity contribution in [1.29, 1.82) is 0 Å². The van der Waals surface area contributed by atoms with Crippen LogP contribution in [0.4, 0.5) is 0 Å². The van der Waals surface area contributed by atoms with Crippen LogP contribution in [0.2, 0.25) is 0 Å². The molecule has 2 heteroatoms. The summed E-state index contributed by atoms with van der Waals surface area (Å²) in [6, 6.07) is 17.1. The fourth-order valence-corrected chi connectivity index (χ4v) is 3.40. The summed E-state index contributed by atoms with van der Waals surface area (Å²) in [7, 11) is 0. The lowest BCUT2D eigenvalue weighted by Crippen LogP contribution is -2.27. The third kappa shape index (κ3) is 7.41. The maximum atomic E-state index is 3.70. The van der Waals surface area contributed by atoms with Gasteiger partial charge in [-0.25, -0.2) is 0 Å². The fraction of sp³-hybridized carbons (Fsp3) is 0.538. The molecule has 0 bridgehead atoms. The molecule has 0 saturated heterocycles. The van der Waals surface area contributed by atoms with Crippen molar-refractivity contribution in [3.05, 3.63) is 70.3 Å². The average Bonchev–Trinajstić information content (AvgIpc) is 2.64. The molecule has 2 nitrogen and oxygen atoms in total. The topological polar surface area (TPSA) is 24.1 Å². The molecule has 28 heavy (non-hydrogen) atoms. The Morgan fingerprint density at radius 2 is 1.18 bits per heavy atom. The van der Waals surface area contributed by atoms with Crippen molar-refractivity contribution in [3.8, 4) is 0 Å². The molecule has 2 aromatic rings. The Kier molecular flexibility index (Phi) is 8.72. The molecule has 0 heterocycles. The third-order valence-corrected chi connectivity index (χ3v) is 5.30. The molecule has 1 atom stereocenters. The second-order valence-corrected chi connectivity index (χ2v) is 9.16. The van der Waals surface area contributed by atoms with E-state index >= 15 is 0 Å². The quantitative estimate of drug-likeness (QED) is 0.516. The molecule has 2 N–H and O–H groups in total. The summed E-state index contributed by atoms with van der Waals surface area (Å²) < 4.78 is 0. The van der Waals surface area contributed by atoms with Crippen LogP contribution in [0, 0.1) is 0 Å². The molecular weight excluding hydrogens is 340 g/mol. The van der Waals surface area contributed by atoms with E-state index in [2.05, 4.69) is 102 Å². The van der Waals surface area contributed by atoms with E-state index in [0.29, 0.717) is 23.9 Å². The Balaban J connectivity index is 1.98. The number of nitrogens with one attached hydrogen (secondary N) is 2. The average molecular weight is 381 g/mol. The summed E-state index contributed by atoms with van der Waals surface area (Å²) in [6.07, 6.45) is 1.05. The number of benzene rings is 2. The molecule has 0 radical (unpaired) electrons. The normalized spacial score (nSPS) is 12.9. The summed E-state index contributed by atoms with van der Waals surface area (Å²) in [6.45, 7) is 17.6. The highest BCUT2D eigenvalue weighted by Crippen LogP contribution is 2.20. The molecule has 0 aliphatic carbocycles. The van der Waals surface area contributed by atoms with Crippen LogP contribution in [0.5, 0.6) is 0 Å².